The first-order chi connectivity index (χ1) is 5.02. The lowest BCUT2D eigenvalue weighted by Crippen LogP contribution is -2.28. The number of nitrogens with two attached hydrogens (primary N) is 2. The van der Waals surface area contributed by atoms with E-state index >= 15 is 0 Å². The van der Waals surface area contributed by atoms with Crippen molar-refractivity contribution >= 4 is 0 Å². The molecule has 0 fully saturated rings. The Labute approximate surface area is 69.1 Å². The third-order valence-electron chi connectivity index (χ3n) is 1.35. The van der Waals surface area contributed by atoms with E-state index < -0.39 is 0 Å². The average Bonchev–Trinajstić information content (AvgIpc) is 1.82. The van der Waals surface area contributed by atoms with E-state index in [0.717, 1.165) is 6.42 Å². The van der Waals surface area contributed by atoms with E-state index in [-0.39, 0.29) is 18.2 Å². The second-order valence-electron chi connectivity index (χ2n) is 3.33. The summed E-state index contributed by atoms with van der Waals surface area (Å²) in [5.74, 6) is 0. The van der Waals surface area contributed by atoms with Crippen LogP contribution in [0.15, 0.2) is 0 Å². The largest absolute Gasteiger partial charge is 0.377 e. The van der Waals surface area contributed by atoms with Crippen molar-refractivity contribution in [3.8, 4) is 0 Å². The molecule has 0 aromatic carbocycles. The van der Waals surface area contributed by atoms with Gasteiger partial charge in [-0.15, -0.1) is 0 Å². The molecule has 0 radical (unpaired) electrons. The maximum atomic E-state index is 5.59. The van der Waals surface area contributed by atoms with Gasteiger partial charge in [0.1, 0.15) is 0 Å². The molecule has 4 N–H and O–H groups in total. The summed E-state index contributed by atoms with van der Waals surface area (Å²) in [5.41, 5.74) is 11.1. The molecule has 0 rings (SSSR count). The van der Waals surface area contributed by atoms with Crippen molar-refractivity contribution in [3.63, 3.8) is 0 Å². The van der Waals surface area contributed by atoms with Gasteiger partial charge in [-0.05, 0) is 27.2 Å². The smallest absolute Gasteiger partial charge is 0.0618 e. The number of hydrogen-bond donors (Lipinski definition) is 2. The van der Waals surface area contributed by atoms with Gasteiger partial charge in [-0.1, -0.05) is 0 Å². The van der Waals surface area contributed by atoms with Crippen LogP contribution in [0.5, 0.6) is 0 Å². The number of hydrogen-bond acceptors (Lipinski definition) is 3. The molecule has 3 unspecified atom stereocenters. The predicted molar refractivity (Wildman–Crippen MR) is 47.3 cm³/mol. The molecule has 11 heavy (non-hydrogen) atoms. The zero-order valence-electron chi connectivity index (χ0n) is 7.71. The summed E-state index contributed by atoms with van der Waals surface area (Å²) < 4.78 is 5.41. The summed E-state index contributed by atoms with van der Waals surface area (Å²) in [6.07, 6.45) is 1.12. The Bertz CT molecular complexity index is 94.1. The van der Waals surface area contributed by atoms with E-state index in [1.54, 1.807) is 0 Å². The van der Waals surface area contributed by atoms with Gasteiger partial charge in [0.25, 0.3) is 0 Å². The Balaban J connectivity index is 3.29. The SMILES string of the molecule is CC(N)COC(C)CC(C)N. The predicted octanol–water partition coefficient (Wildman–Crippen LogP) is 0.476. The van der Waals surface area contributed by atoms with Gasteiger partial charge in [0.15, 0.2) is 0 Å². The lowest BCUT2D eigenvalue weighted by atomic mass is 10.2. The molecule has 0 bridgehead atoms. The molecular formula is C8H20N2O. The van der Waals surface area contributed by atoms with Crippen LogP contribution in [0.2, 0.25) is 0 Å². The first kappa shape index (κ1) is 10.9. The summed E-state index contributed by atoms with van der Waals surface area (Å²) in [7, 11) is 0. The maximum absolute atomic E-state index is 5.59. The third-order valence-corrected chi connectivity index (χ3v) is 1.35. The van der Waals surface area contributed by atoms with E-state index in [4.69, 9.17) is 16.2 Å². The highest BCUT2D eigenvalue weighted by molar-refractivity contribution is 4.60. The molecule has 0 aliphatic heterocycles. The Morgan fingerprint density at radius 1 is 1.09 bits per heavy atom. The molecule has 0 aromatic heterocycles. The van der Waals surface area contributed by atoms with Gasteiger partial charge in [0.2, 0.25) is 0 Å². The molecule has 0 spiro atoms. The van der Waals surface area contributed by atoms with E-state index in [1.165, 1.54) is 0 Å². The van der Waals surface area contributed by atoms with Gasteiger partial charge in [-0.25, -0.2) is 0 Å². The average molecular weight is 160 g/mol. The fraction of sp³-hybridized carbons (Fsp3) is 1.00. The molecule has 0 amide bonds. The van der Waals surface area contributed by atoms with E-state index in [0.29, 0.717) is 6.61 Å². The second-order valence-corrected chi connectivity index (χ2v) is 3.33. The van der Waals surface area contributed by atoms with E-state index in [2.05, 4.69) is 0 Å². The van der Waals surface area contributed by atoms with Gasteiger partial charge in [-0.3, -0.25) is 0 Å². The third kappa shape index (κ3) is 7.78. The van der Waals surface area contributed by atoms with Crippen LogP contribution in [0.1, 0.15) is 27.2 Å². The highest BCUT2D eigenvalue weighted by atomic mass is 16.5. The van der Waals surface area contributed by atoms with Crippen molar-refractivity contribution in [1.82, 2.24) is 0 Å². The Kier molecular flexibility index (Phi) is 5.46. The van der Waals surface area contributed by atoms with Crippen LogP contribution in [0.4, 0.5) is 0 Å². The normalized spacial score (nSPS) is 19.4. The second kappa shape index (κ2) is 5.52. The Morgan fingerprint density at radius 2 is 1.64 bits per heavy atom. The Morgan fingerprint density at radius 3 is 2.00 bits per heavy atom. The number of rotatable bonds is 5. The van der Waals surface area contributed by atoms with E-state index in [1.807, 2.05) is 20.8 Å². The molecule has 3 nitrogen and oxygen atoms in total. The first-order valence-corrected chi connectivity index (χ1v) is 4.15. The highest BCUT2D eigenvalue weighted by Gasteiger charge is 2.05. The van der Waals surface area contributed by atoms with Gasteiger partial charge in [0, 0.05) is 12.1 Å². The van der Waals surface area contributed by atoms with Crippen molar-refractivity contribution < 1.29 is 4.74 Å². The zero-order valence-corrected chi connectivity index (χ0v) is 7.71. The lowest BCUT2D eigenvalue weighted by molar-refractivity contribution is 0.0502. The summed E-state index contributed by atoms with van der Waals surface area (Å²) in [6, 6.07) is 0.323. The minimum Gasteiger partial charge on any atom is -0.377 e. The first-order valence-electron chi connectivity index (χ1n) is 4.15. The van der Waals surface area contributed by atoms with Crippen molar-refractivity contribution in [2.45, 2.75) is 45.4 Å². The monoisotopic (exact) mass is 160 g/mol. The highest BCUT2D eigenvalue weighted by Crippen LogP contribution is 2.00. The molecule has 0 aromatic rings. The van der Waals surface area contributed by atoms with Gasteiger partial charge >= 0.3 is 0 Å². The van der Waals surface area contributed by atoms with Crippen LogP contribution in [0.25, 0.3) is 0 Å². The van der Waals surface area contributed by atoms with Crippen LogP contribution >= 0.6 is 0 Å². The van der Waals surface area contributed by atoms with Crippen molar-refractivity contribution in [1.29, 1.82) is 0 Å². The molecule has 0 aliphatic carbocycles. The van der Waals surface area contributed by atoms with Crippen molar-refractivity contribution in [2.24, 2.45) is 11.5 Å². The lowest BCUT2D eigenvalue weighted by Gasteiger charge is -2.16. The summed E-state index contributed by atoms with van der Waals surface area (Å²) >= 11 is 0. The van der Waals surface area contributed by atoms with E-state index in [9.17, 15) is 0 Å². The van der Waals surface area contributed by atoms with Gasteiger partial charge in [0.05, 0.1) is 12.7 Å². The summed E-state index contributed by atoms with van der Waals surface area (Å²) in [6.45, 7) is 6.55. The van der Waals surface area contributed by atoms with Crippen LogP contribution in [0.3, 0.4) is 0 Å². The van der Waals surface area contributed by atoms with Crippen molar-refractivity contribution in [3.05, 3.63) is 0 Å². The topological polar surface area (TPSA) is 61.3 Å². The molecular weight excluding hydrogens is 140 g/mol. The van der Waals surface area contributed by atoms with Crippen molar-refractivity contribution in [2.75, 3.05) is 6.61 Å². The van der Waals surface area contributed by atoms with Gasteiger partial charge < -0.3 is 16.2 Å². The molecule has 0 saturated heterocycles. The van der Waals surface area contributed by atoms with Crippen LogP contribution in [-0.4, -0.2) is 24.8 Å². The zero-order chi connectivity index (χ0) is 8.85. The summed E-state index contributed by atoms with van der Waals surface area (Å²) in [5, 5.41) is 0. The summed E-state index contributed by atoms with van der Waals surface area (Å²) in [4.78, 5) is 0. The fourth-order valence-electron chi connectivity index (χ4n) is 0.908. The van der Waals surface area contributed by atoms with Gasteiger partial charge in [-0.2, -0.15) is 0 Å². The fourth-order valence-corrected chi connectivity index (χ4v) is 0.908. The minimum atomic E-state index is 0.116. The molecule has 68 valence electrons. The van der Waals surface area contributed by atoms with Crippen LogP contribution < -0.4 is 11.5 Å². The quantitative estimate of drug-likeness (QED) is 0.615. The minimum absolute atomic E-state index is 0.116. The maximum Gasteiger partial charge on any atom is 0.0618 e. The number of ether oxygens (including phenoxy) is 1. The molecule has 0 aliphatic rings. The molecule has 3 heteroatoms. The van der Waals surface area contributed by atoms with Crippen LogP contribution in [-0.2, 0) is 4.74 Å². The standard InChI is InChI=1S/C8H20N2O/c1-6(9)4-8(3)11-5-7(2)10/h6-8H,4-5,9-10H2,1-3H3. The van der Waals surface area contributed by atoms with Crippen LogP contribution in [0, 0.1) is 0 Å². The molecule has 3 atom stereocenters. The Hall–Kier alpha value is -0.120. The molecule has 0 heterocycles. The molecule has 0 saturated carbocycles.